The van der Waals surface area contributed by atoms with Crippen molar-refractivity contribution in [3.05, 3.63) is 149 Å². The Hall–Kier alpha value is -6.82. The van der Waals surface area contributed by atoms with Crippen molar-refractivity contribution in [2.24, 2.45) is 113 Å². The minimum Gasteiger partial charge on any atom is -0.494 e. The van der Waals surface area contributed by atoms with Crippen LogP contribution in [0.2, 0.25) is 0 Å². The monoisotopic (exact) mass is 1660 g/mol. The minimum atomic E-state index is -0.471. The van der Waals surface area contributed by atoms with E-state index < -0.39 is 12.3 Å². The summed E-state index contributed by atoms with van der Waals surface area (Å²) in [4.78, 5) is 25.9. The molecule has 6 fully saturated rings. The van der Waals surface area contributed by atoms with E-state index in [0.29, 0.717) is 37.3 Å². The van der Waals surface area contributed by atoms with E-state index in [0.717, 1.165) is 225 Å². The Bertz CT molecular complexity index is 4260. The van der Waals surface area contributed by atoms with E-state index in [2.05, 4.69) is 142 Å². The zero-order chi connectivity index (χ0) is 85.1. The third kappa shape index (κ3) is 22.6. The average Bonchev–Trinajstić information content (AvgIpc) is 1.46. The van der Waals surface area contributed by atoms with Crippen molar-refractivity contribution in [2.75, 3.05) is 26.4 Å². The molecule has 18 atom stereocenters. The van der Waals surface area contributed by atoms with Crippen LogP contribution < -0.4 is 9.47 Å². The first kappa shape index (κ1) is 91.4. The SMILES string of the molecule is CC(C)CCC[C@@H](C)[C@H]1CC[C@H]2[C@@H]3CC=C4C[C@@H](OC(=O)OCCCCCCCCCCCOc5ccc(N=Nc6ccc7ccccc7c6[C@H]6c7ccccc7CC[C@H]6N=Nc6ccc(OCCCCCCCCCCCOC(=O)O[C@H]7CC[C@@]8(C)C(=CC[C@H]9[C@@H]%10CC[C@H]([C@H](C)CCCC(C)C)[C@@]%10(C)CC[C@@H]98)C7)cc6)cc5)CC[C@]4(C)[C@H]3CC[C@]12C. The van der Waals surface area contributed by atoms with Gasteiger partial charge in [-0.1, -0.05) is 276 Å². The Morgan fingerprint density at radius 1 is 0.418 bits per heavy atom. The maximum absolute atomic E-state index is 13.0. The fourth-order valence-corrected chi connectivity index (χ4v) is 26.8. The van der Waals surface area contributed by atoms with Gasteiger partial charge in [0.25, 0.3) is 0 Å². The van der Waals surface area contributed by atoms with Gasteiger partial charge in [-0.2, -0.15) is 20.5 Å². The molecular formula is C110H158N4O8. The molecule has 0 N–H and O–H groups in total. The third-order valence-corrected chi connectivity index (χ3v) is 33.6. The molecule has 666 valence electrons. The van der Waals surface area contributed by atoms with Crippen LogP contribution in [-0.4, -0.2) is 57.0 Å². The quantitative estimate of drug-likeness (QED) is 0.0163. The van der Waals surface area contributed by atoms with Crippen LogP contribution in [0.15, 0.2) is 153 Å². The van der Waals surface area contributed by atoms with Crippen molar-refractivity contribution >= 4 is 40.1 Å². The van der Waals surface area contributed by atoms with Gasteiger partial charge in [0.2, 0.25) is 0 Å². The standard InChI is InChI=1S/C110H158N4O8/c1-77(2)35-33-37-79(5)95-57-59-97-93-55-45-83-75-89(63-67-107(83,7)99(93)65-69-109(95,97)9)121-105(115)119-73-31-23-19-15-11-13-17-21-29-71-117-87-51-47-85(48-52-87)111-113-101-61-43-81-39-25-27-41-91(81)103(101)104-92-42-28-26-40-82(92)44-62-102(104)114-112-86-49-53-88(54-50-86)118-72-30-22-18-14-12-16-20-24-32-74-120-106(116)122-90-64-68-108(8)84(76-90)46-56-94-98-60-58-96(80(6)38-34-36-78(3)4)110(98,10)70-66-100(94)108/h25-28,39-43,45-54,61,77-80,89-90,93-100,102,104H,11-24,29-38,44,55-60,62-76H2,1-10H3/t79-,80-,89+,90+,93+,94+,95-,96-,97+,98+,99+,100+,102-,104+,107+,108+,109-,110-/m1/s1. The van der Waals surface area contributed by atoms with Gasteiger partial charge in [0.05, 0.1) is 49.5 Å². The van der Waals surface area contributed by atoms with Gasteiger partial charge in [0.1, 0.15) is 23.7 Å². The highest BCUT2D eigenvalue weighted by molar-refractivity contribution is 5.91. The molecule has 6 saturated carbocycles. The lowest BCUT2D eigenvalue weighted by molar-refractivity contribution is -0.0617. The molecule has 9 aliphatic rings. The van der Waals surface area contributed by atoms with Crippen molar-refractivity contribution in [3.8, 4) is 11.5 Å². The van der Waals surface area contributed by atoms with Gasteiger partial charge < -0.3 is 28.4 Å². The van der Waals surface area contributed by atoms with Crippen LogP contribution in [0.1, 0.15) is 355 Å². The van der Waals surface area contributed by atoms with Crippen molar-refractivity contribution in [1.29, 1.82) is 0 Å². The molecule has 0 unspecified atom stereocenters. The second-order valence-electron chi connectivity index (χ2n) is 42.2. The van der Waals surface area contributed by atoms with E-state index >= 15 is 0 Å². The normalized spacial score (nSPS) is 29.5. The smallest absolute Gasteiger partial charge is 0.494 e. The molecule has 0 bridgehead atoms. The second kappa shape index (κ2) is 43.6. The molecule has 12 nitrogen and oxygen atoms in total. The molecule has 122 heavy (non-hydrogen) atoms. The maximum atomic E-state index is 13.0. The van der Waals surface area contributed by atoms with Gasteiger partial charge >= 0.3 is 12.3 Å². The van der Waals surface area contributed by atoms with Crippen LogP contribution in [0.25, 0.3) is 10.8 Å². The topological polar surface area (TPSA) is 139 Å². The number of unbranched alkanes of at least 4 members (excludes halogenated alkanes) is 16. The van der Waals surface area contributed by atoms with E-state index in [1.165, 1.54) is 172 Å². The van der Waals surface area contributed by atoms with E-state index in [9.17, 15) is 9.59 Å². The first-order valence-electron chi connectivity index (χ1n) is 50.2. The lowest BCUT2D eigenvalue weighted by Gasteiger charge is -2.58. The van der Waals surface area contributed by atoms with E-state index in [-0.39, 0.29) is 35.0 Å². The Morgan fingerprint density at radius 3 is 1.36 bits per heavy atom. The average molecular weight is 1660 g/mol. The van der Waals surface area contributed by atoms with E-state index in [4.69, 9.17) is 48.9 Å². The Balaban J connectivity index is 0.441. The molecule has 14 rings (SSSR count). The second-order valence-corrected chi connectivity index (χ2v) is 42.2. The first-order chi connectivity index (χ1) is 59.3. The van der Waals surface area contributed by atoms with Crippen LogP contribution >= 0.6 is 0 Å². The summed E-state index contributed by atoms with van der Waals surface area (Å²) in [6.45, 7) is 27.4. The molecule has 0 saturated heterocycles. The van der Waals surface area contributed by atoms with Crippen molar-refractivity contribution in [3.63, 3.8) is 0 Å². The van der Waals surface area contributed by atoms with Crippen LogP contribution in [0, 0.1) is 92.7 Å². The van der Waals surface area contributed by atoms with Gasteiger partial charge in [0.15, 0.2) is 0 Å². The number of carbonyl (C=O) groups is 2. The number of azo groups is 2. The number of benzene rings is 5. The zero-order valence-electron chi connectivity index (χ0n) is 77.4. The lowest BCUT2D eigenvalue weighted by atomic mass is 9.47. The van der Waals surface area contributed by atoms with Crippen molar-refractivity contribution < 1.29 is 38.0 Å². The van der Waals surface area contributed by atoms with E-state index in [1.807, 2.05) is 48.5 Å². The van der Waals surface area contributed by atoms with Crippen molar-refractivity contribution in [2.45, 2.75) is 363 Å². The highest BCUT2D eigenvalue weighted by Gasteiger charge is 2.61. The predicted octanol–water partition coefficient (Wildman–Crippen LogP) is 32.4. The minimum absolute atomic E-state index is 0.0602. The number of aryl methyl sites for hydroxylation is 1. The number of nitrogens with zero attached hydrogens (tertiary/aromatic N) is 4. The third-order valence-electron chi connectivity index (χ3n) is 33.6. The van der Waals surface area contributed by atoms with Crippen molar-refractivity contribution in [1.82, 2.24) is 0 Å². The number of hydrogen-bond donors (Lipinski definition) is 0. The van der Waals surface area contributed by atoms with Gasteiger partial charge in [0, 0.05) is 18.8 Å². The number of fused-ring (bicyclic) bond motifs is 12. The lowest BCUT2D eigenvalue weighted by Crippen LogP contribution is -2.51. The number of carbonyl (C=O) groups excluding carboxylic acids is 2. The highest BCUT2D eigenvalue weighted by Crippen LogP contribution is 2.70. The molecule has 5 aromatic carbocycles. The van der Waals surface area contributed by atoms with Crippen LogP contribution in [0.4, 0.5) is 26.7 Å². The molecule has 9 aliphatic carbocycles. The van der Waals surface area contributed by atoms with Gasteiger partial charge in [-0.3, -0.25) is 0 Å². The summed E-state index contributed by atoms with van der Waals surface area (Å²) in [5.74, 6) is 11.6. The highest BCUT2D eigenvalue weighted by atomic mass is 16.7. The van der Waals surface area contributed by atoms with Gasteiger partial charge in [-0.15, -0.1) is 0 Å². The number of hydrogen-bond acceptors (Lipinski definition) is 12. The zero-order valence-corrected chi connectivity index (χ0v) is 77.4. The van der Waals surface area contributed by atoms with E-state index in [1.54, 1.807) is 11.1 Å². The van der Waals surface area contributed by atoms with Gasteiger partial charge in [-0.05, 0) is 303 Å². The van der Waals surface area contributed by atoms with Gasteiger partial charge in [-0.25, -0.2) is 9.59 Å². The molecule has 0 aromatic heterocycles. The molecule has 0 heterocycles. The summed E-state index contributed by atoms with van der Waals surface area (Å²) >= 11 is 0. The summed E-state index contributed by atoms with van der Waals surface area (Å²) in [5.41, 5.74) is 10.8. The molecule has 0 amide bonds. The van der Waals surface area contributed by atoms with Crippen LogP contribution in [0.5, 0.6) is 11.5 Å². The summed E-state index contributed by atoms with van der Waals surface area (Å²) < 4.78 is 35.8. The fraction of sp³-hybridized carbons (Fsp3) is 0.691. The molecule has 0 aliphatic heterocycles. The summed E-state index contributed by atoms with van der Waals surface area (Å²) in [6.07, 6.45) is 54.2. The molecule has 12 heteroatoms. The number of ether oxygens (including phenoxy) is 6. The summed E-state index contributed by atoms with van der Waals surface area (Å²) in [6, 6.07) is 37.7. The fourth-order valence-electron chi connectivity index (χ4n) is 26.8. The molecule has 5 aromatic rings. The number of allylic oxidation sites excluding steroid dienone is 2. The summed E-state index contributed by atoms with van der Waals surface area (Å²) in [5, 5.41) is 22.3. The van der Waals surface area contributed by atoms with Crippen LogP contribution in [-0.2, 0) is 25.4 Å². The Kier molecular flexibility index (Phi) is 32.7. The maximum Gasteiger partial charge on any atom is 0.508 e. The molecule has 0 spiro atoms. The largest absolute Gasteiger partial charge is 0.508 e. The number of rotatable bonds is 43. The molecular weight excluding hydrogens is 1510 g/mol. The summed E-state index contributed by atoms with van der Waals surface area (Å²) in [7, 11) is 0. The Labute approximate surface area is 737 Å². The Morgan fingerprint density at radius 2 is 0.869 bits per heavy atom. The predicted molar refractivity (Wildman–Crippen MR) is 499 cm³/mol. The van der Waals surface area contributed by atoms with Crippen LogP contribution in [0.3, 0.4) is 0 Å². The first-order valence-corrected chi connectivity index (χ1v) is 50.2. The molecule has 0 radical (unpaired) electrons.